The van der Waals surface area contributed by atoms with E-state index in [1.54, 1.807) is 0 Å². The number of H-pyrrole nitrogens is 1. The van der Waals surface area contributed by atoms with E-state index in [1.165, 1.54) is 12.8 Å². The van der Waals surface area contributed by atoms with Gasteiger partial charge in [0.15, 0.2) is 0 Å². The van der Waals surface area contributed by atoms with Crippen LogP contribution < -0.4 is 0 Å². The van der Waals surface area contributed by atoms with E-state index in [-0.39, 0.29) is 10.9 Å². The van der Waals surface area contributed by atoms with Crippen molar-refractivity contribution in [1.29, 1.82) is 0 Å². The van der Waals surface area contributed by atoms with Gasteiger partial charge in [0, 0.05) is 13.0 Å². The van der Waals surface area contributed by atoms with Crippen LogP contribution in [0.3, 0.4) is 0 Å². The van der Waals surface area contributed by atoms with Gasteiger partial charge in [-0.2, -0.15) is 4.98 Å². The van der Waals surface area contributed by atoms with E-state index in [0.717, 1.165) is 25.3 Å². The molecule has 72 valence electrons. The van der Waals surface area contributed by atoms with E-state index in [9.17, 15) is 0 Å². The van der Waals surface area contributed by atoms with E-state index in [4.69, 9.17) is 21.5 Å². The second-order valence-electron chi connectivity index (χ2n) is 3.22. The number of aromatic amines is 1. The lowest BCUT2D eigenvalue weighted by atomic mass is 10.1. The molecular weight excluding hydrogens is 188 g/mol. The highest BCUT2D eigenvalue weighted by Gasteiger charge is 2.15. The van der Waals surface area contributed by atoms with Crippen molar-refractivity contribution in [1.82, 2.24) is 10.1 Å². The Labute approximate surface area is 81.3 Å². The maximum atomic E-state index is 5.56. The second kappa shape index (κ2) is 4.02. The number of ether oxygens (including phenoxy) is 1. The lowest BCUT2D eigenvalue weighted by Gasteiger charge is -2.21. The first-order chi connectivity index (χ1) is 6.34. The highest BCUT2D eigenvalue weighted by molar-refractivity contribution is 7.71. The molecule has 0 aliphatic carbocycles. The molecule has 5 heteroatoms. The first-order valence-corrected chi connectivity index (χ1v) is 4.91. The van der Waals surface area contributed by atoms with Crippen LogP contribution in [0.2, 0.25) is 0 Å². The van der Waals surface area contributed by atoms with Gasteiger partial charge >= 0.3 is 4.84 Å². The molecule has 1 fully saturated rings. The van der Waals surface area contributed by atoms with Gasteiger partial charge in [-0.25, -0.2) is 5.16 Å². The van der Waals surface area contributed by atoms with Crippen LogP contribution in [0.5, 0.6) is 0 Å². The molecule has 0 radical (unpaired) electrons. The third-order valence-electron chi connectivity index (χ3n) is 2.18. The summed E-state index contributed by atoms with van der Waals surface area (Å²) < 4.78 is 10.4. The van der Waals surface area contributed by atoms with Crippen molar-refractivity contribution in [3.63, 3.8) is 0 Å². The smallest absolute Gasteiger partial charge is 0.314 e. The normalized spacial score (nSPS) is 23.2. The first kappa shape index (κ1) is 8.90. The van der Waals surface area contributed by atoms with Crippen molar-refractivity contribution in [2.45, 2.75) is 31.8 Å². The quantitative estimate of drug-likeness (QED) is 0.740. The Morgan fingerprint density at radius 1 is 1.54 bits per heavy atom. The molecule has 0 saturated carbocycles. The van der Waals surface area contributed by atoms with E-state index < -0.39 is 0 Å². The minimum Gasteiger partial charge on any atom is -0.378 e. The van der Waals surface area contributed by atoms with Crippen LogP contribution in [0.4, 0.5) is 0 Å². The zero-order chi connectivity index (χ0) is 9.10. The van der Waals surface area contributed by atoms with Gasteiger partial charge in [0.1, 0.15) is 5.82 Å². The molecule has 1 aliphatic heterocycles. The predicted octanol–water partition coefficient (Wildman–Crippen LogP) is 1.84. The SMILES string of the molecule is S=c1nc(CC2CCCCO2)[nH]o1. The molecule has 1 aromatic heterocycles. The van der Waals surface area contributed by atoms with Crippen LogP contribution in [0.25, 0.3) is 0 Å². The maximum Gasteiger partial charge on any atom is 0.314 e. The second-order valence-corrected chi connectivity index (χ2v) is 3.57. The van der Waals surface area contributed by atoms with Gasteiger partial charge in [-0.1, -0.05) is 0 Å². The lowest BCUT2D eigenvalue weighted by Crippen LogP contribution is -2.21. The monoisotopic (exact) mass is 200 g/mol. The van der Waals surface area contributed by atoms with Crippen molar-refractivity contribution >= 4 is 12.2 Å². The molecule has 1 atom stereocenters. The van der Waals surface area contributed by atoms with Crippen molar-refractivity contribution < 1.29 is 9.26 Å². The van der Waals surface area contributed by atoms with Gasteiger partial charge in [-0.05, 0) is 31.5 Å². The molecule has 0 aromatic carbocycles. The Kier molecular flexibility index (Phi) is 2.75. The van der Waals surface area contributed by atoms with Gasteiger partial charge in [-0.3, -0.25) is 0 Å². The lowest BCUT2D eigenvalue weighted by molar-refractivity contribution is 0.0153. The summed E-state index contributed by atoms with van der Waals surface area (Å²) in [4.78, 5) is 4.29. The molecule has 13 heavy (non-hydrogen) atoms. The minimum absolute atomic E-state index is 0.269. The number of nitrogens with zero attached hydrogens (tertiary/aromatic N) is 1. The van der Waals surface area contributed by atoms with Crippen LogP contribution in [0.15, 0.2) is 4.52 Å². The summed E-state index contributed by atoms with van der Waals surface area (Å²) in [6.07, 6.45) is 4.58. The molecule has 0 amide bonds. The van der Waals surface area contributed by atoms with Crippen molar-refractivity contribution in [3.05, 3.63) is 10.7 Å². The average Bonchev–Trinajstić information content (AvgIpc) is 2.53. The number of nitrogens with one attached hydrogen (secondary N) is 1. The largest absolute Gasteiger partial charge is 0.378 e. The van der Waals surface area contributed by atoms with Crippen molar-refractivity contribution in [2.24, 2.45) is 0 Å². The Morgan fingerprint density at radius 3 is 3.08 bits per heavy atom. The zero-order valence-electron chi connectivity index (χ0n) is 7.28. The van der Waals surface area contributed by atoms with E-state index in [1.807, 2.05) is 0 Å². The van der Waals surface area contributed by atoms with Crippen LogP contribution in [0.1, 0.15) is 25.1 Å². The Balaban J connectivity index is 1.93. The number of aromatic nitrogens is 2. The van der Waals surface area contributed by atoms with Gasteiger partial charge in [0.25, 0.3) is 0 Å². The fourth-order valence-corrected chi connectivity index (χ4v) is 1.68. The minimum atomic E-state index is 0.269. The Morgan fingerprint density at radius 2 is 2.46 bits per heavy atom. The molecule has 2 heterocycles. The highest BCUT2D eigenvalue weighted by Crippen LogP contribution is 2.15. The van der Waals surface area contributed by atoms with Gasteiger partial charge < -0.3 is 9.26 Å². The van der Waals surface area contributed by atoms with Gasteiger partial charge in [0.2, 0.25) is 0 Å². The number of hydrogen-bond acceptors (Lipinski definition) is 4. The Bertz CT molecular complexity index is 314. The number of rotatable bonds is 2. The predicted molar refractivity (Wildman–Crippen MR) is 49.0 cm³/mol. The fourth-order valence-electron chi connectivity index (χ4n) is 1.53. The summed E-state index contributed by atoms with van der Waals surface area (Å²) in [5.41, 5.74) is 0. The van der Waals surface area contributed by atoms with E-state index in [0.29, 0.717) is 0 Å². The van der Waals surface area contributed by atoms with Crippen molar-refractivity contribution in [2.75, 3.05) is 6.61 Å². The van der Waals surface area contributed by atoms with Crippen LogP contribution in [-0.2, 0) is 11.2 Å². The standard InChI is InChI=1S/C8H12N2O2S/c13-8-9-7(10-12-8)5-6-3-1-2-4-11-6/h6H,1-5H2,(H,9,10,13). The third kappa shape index (κ3) is 2.38. The molecule has 4 nitrogen and oxygen atoms in total. The summed E-state index contributed by atoms with van der Waals surface area (Å²) in [6, 6.07) is 0. The topological polar surface area (TPSA) is 51.0 Å². The summed E-state index contributed by atoms with van der Waals surface area (Å²) in [5.74, 6) is 0.789. The summed E-state index contributed by atoms with van der Waals surface area (Å²) in [6.45, 7) is 0.864. The van der Waals surface area contributed by atoms with Crippen LogP contribution in [0, 0.1) is 4.84 Å². The summed E-state index contributed by atoms with van der Waals surface area (Å²) in [5, 5.41) is 2.68. The van der Waals surface area contributed by atoms with Crippen LogP contribution in [-0.4, -0.2) is 22.9 Å². The molecular formula is C8H12N2O2S. The zero-order valence-corrected chi connectivity index (χ0v) is 8.10. The molecule has 1 N–H and O–H groups in total. The first-order valence-electron chi connectivity index (χ1n) is 4.50. The molecule has 1 aromatic rings. The molecule has 0 bridgehead atoms. The van der Waals surface area contributed by atoms with Crippen molar-refractivity contribution in [3.8, 4) is 0 Å². The van der Waals surface area contributed by atoms with E-state index >= 15 is 0 Å². The summed E-state index contributed by atoms with van der Waals surface area (Å²) in [7, 11) is 0. The fraction of sp³-hybridized carbons (Fsp3) is 0.750. The molecule has 1 aliphatic rings. The number of hydrogen-bond donors (Lipinski definition) is 1. The third-order valence-corrected chi connectivity index (χ3v) is 2.35. The molecule has 1 unspecified atom stereocenters. The van der Waals surface area contributed by atoms with E-state index in [2.05, 4.69) is 10.1 Å². The maximum absolute atomic E-state index is 5.56. The molecule has 0 spiro atoms. The summed E-state index contributed by atoms with van der Waals surface area (Å²) >= 11 is 4.75. The Hall–Kier alpha value is -0.680. The van der Waals surface area contributed by atoms with Gasteiger partial charge in [-0.15, -0.1) is 0 Å². The van der Waals surface area contributed by atoms with Gasteiger partial charge in [0.05, 0.1) is 6.10 Å². The molecule has 2 rings (SSSR count). The molecule has 1 saturated heterocycles. The average molecular weight is 200 g/mol. The van der Waals surface area contributed by atoms with Crippen LogP contribution >= 0.6 is 12.2 Å². The highest BCUT2D eigenvalue weighted by atomic mass is 32.1.